The maximum absolute atomic E-state index is 12.1. The van der Waals surface area contributed by atoms with Crippen molar-refractivity contribution in [2.24, 2.45) is 0 Å². The van der Waals surface area contributed by atoms with Crippen LogP contribution >= 0.6 is 11.6 Å². The molecule has 2 aromatic rings. The molecule has 1 atom stereocenters. The van der Waals surface area contributed by atoms with Gasteiger partial charge in [-0.05, 0) is 54.7 Å². The van der Waals surface area contributed by atoms with E-state index in [4.69, 9.17) is 16.3 Å². The molecule has 6 heteroatoms. The third-order valence-corrected chi connectivity index (χ3v) is 5.04. The molecule has 28 heavy (non-hydrogen) atoms. The third kappa shape index (κ3) is 5.42. The lowest BCUT2D eigenvalue weighted by atomic mass is 9.88. The van der Waals surface area contributed by atoms with Crippen molar-refractivity contribution in [3.05, 3.63) is 70.2 Å². The second-order valence-corrected chi connectivity index (χ2v) is 7.24. The molecule has 1 amide bonds. The lowest BCUT2D eigenvalue weighted by Gasteiger charge is -2.26. The van der Waals surface area contributed by atoms with Crippen molar-refractivity contribution in [1.29, 1.82) is 0 Å². The monoisotopic (exact) mass is 399 g/mol. The smallest absolute Gasteiger partial charge is 0.306 e. The minimum atomic E-state index is -0.568. The second kappa shape index (κ2) is 9.51. The standard InChI is InChI=1S/C22H22ClNO4/c23-17-10-8-16(9-11-17)20(25)12-13-22(27)28-14-21(26)24-19-7-3-5-15-4-1-2-6-18(15)19/h1-2,4,6,8-11,19H,3,5,7,12-14H2,(H,24,26)/t19-/m1/s1. The van der Waals surface area contributed by atoms with Crippen LogP contribution in [0, 0.1) is 0 Å². The summed E-state index contributed by atoms with van der Waals surface area (Å²) in [5, 5.41) is 3.47. The first-order valence-electron chi connectivity index (χ1n) is 9.34. The number of nitrogens with one attached hydrogen (secondary N) is 1. The van der Waals surface area contributed by atoms with E-state index < -0.39 is 5.97 Å². The Morgan fingerprint density at radius 3 is 2.57 bits per heavy atom. The number of fused-ring (bicyclic) bond motifs is 1. The molecule has 0 unspecified atom stereocenters. The zero-order valence-corrected chi connectivity index (χ0v) is 16.2. The van der Waals surface area contributed by atoms with Crippen LogP contribution in [0.15, 0.2) is 48.5 Å². The highest BCUT2D eigenvalue weighted by atomic mass is 35.5. The van der Waals surface area contributed by atoms with Crippen molar-refractivity contribution in [3.8, 4) is 0 Å². The predicted octanol–water partition coefficient (Wildman–Crippen LogP) is 4.04. The molecule has 0 radical (unpaired) electrons. The Labute approximate surface area is 169 Å². The second-order valence-electron chi connectivity index (χ2n) is 6.80. The van der Waals surface area contributed by atoms with Crippen LogP contribution in [0.4, 0.5) is 0 Å². The van der Waals surface area contributed by atoms with Gasteiger partial charge in [0, 0.05) is 17.0 Å². The number of ether oxygens (including phenoxy) is 1. The Balaban J connectivity index is 1.42. The number of halogens is 1. The summed E-state index contributed by atoms with van der Waals surface area (Å²) in [6, 6.07) is 14.5. The molecule has 3 rings (SSSR count). The van der Waals surface area contributed by atoms with E-state index in [1.165, 1.54) is 5.56 Å². The summed E-state index contributed by atoms with van der Waals surface area (Å²) < 4.78 is 5.01. The maximum atomic E-state index is 12.1. The number of aryl methyl sites for hydroxylation is 1. The van der Waals surface area contributed by atoms with Crippen LogP contribution in [0.2, 0.25) is 5.02 Å². The van der Waals surface area contributed by atoms with Gasteiger partial charge in [-0.1, -0.05) is 35.9 Å². The highest BCUT2D eigenvalue weighted by molar-refractivity contribution is 6.30. The van der Waals surface area contributed by atoms with Crippen LogP contribution < -0.4 is 5.32 Å². The van der Waals surface area contributed by atoms with E-state index in [0.717, 1.165) is 24.8 Å². The van der Waals surface area contributed by atoms with Crippen LogP contribution in [-0.4, -0.2) is 24.3 Å². The number of hydrogen-bond donors (Lipinski definition) is 1. The predicted molar refractivity (Wildman–Crippen MR) is 106 cm³/mol. The van der Waals surface area contributed by atoms with Gasteiger partial charge in [-0.2, -0.15) is 0 Å². The number of rotatable bonds is 7. The first kappa shape index (κ1) is 20.1. The van der Waals surface area contributed by atoms with Gasteiger partial charge in [0.2, 0.25) is 0 Å². The quantitative estimate of drug-likeness (QED) is 0.563. The van der Waals surface area contributed by atoms with Crippen molar-refractivity contribution >= 4 is 29.3 Å². The molecular weight excluding hydrogens is 378 g/mol. The van der Waals surface area contributed by atoms with Crippen molar-refractivity contribution in [2.45, 2.75) is 38.1 Å². The number of benzene rings is 2. The van der Waals surface area contributed by atoms with Crippen LogP contribution in [0.1, 0.15) is 53.2 Å². The topological polar surface area (TPSA) is 72.5 Å². The summed E-state index contributed by atoms with van der Waals surface area (Å²) in [4.78, 5) is 36.0. The summed E-state index contributed by atoms with van der Waals surface area (Å²) in [6.07, 6.45) is 2.85. The van der Waals surface area contributed by atoms with Gasteiger partial charge < -0.3 is 10.1 Å². The summed E-state index contributed by atoms with van der Waals surface area (Å²) in [5.74, 6) is -1.07. The molecule has 1 N–H and O–H groups in total. The van der Waals surface area contributed by atoms with Crippen LogP contribution in [0.25, 0.3) is 0 Å². The number of hydrogen-bond acceptors (Lipinski definition) is 4. The molecule has 0 saturated heterocycles. The Bertz CT molecular complexity index is 863. The molecule has 5 nitrogen and oxygen atoms in total. The normalized spacial score (nSPS) is 15.4. The number of carbonyl (C=O) groups is 3. The summed E-state index contributed by atoms with van der Waals surface area (Å²) in [6.45, 7) is -0.341. The zero-order chi connectivity index (χ0) is 19.9. The third-order valence-electron chi connectivity index (χ3n) is 4.79. The molecule has 0 fully saturated rings. The van der Waals surface area contributed by atoms with E-state index in [9.17, 15) is 14.4 Å². The van der Waals surface area contributed by atoms with Gasteiger partial charge in [0.15, 0.2) is 12.4 Å². The summed E-state index contributed by atoms with van der Waals surface area (Å²) in [5.41, 5.74) is 2.87. The minimum absolute atomic E-state index is 0.0259. The van der Waals surface area contributed by atoms with Crippen LogP contribution in [0.5, 0.6) is 0 Å². The number of amides is 1. The maximum Gasteiger partial charge on any atom is 0.306 e. The molecule has 0 bridgehead atoms. The highest BCUT2D eigenvalue weighted by Crippen LogP contribution is 2.29. The lowest BCUT2D eigenvalue weighted by Crippen LogP contribution is -2.34. The summed E-state index contributed by atoms with van der Waals surface area (Å²) in [7, 11) is 0. The van der Waals surface area contributed by atoms with Gasteiger partial charge in [0.25, 0.3) is 5.91 Å². The molecule has 1 aliphatic carbocycles. The van der Waals surface area contributed by atoms with Crippen LogP contribution in [0.3, 0.4) is 0 Å². The molecule has 0 spiro atoms. The van der Waals surface area contributed by atoms with Gasteiger partial charge in [-0.15, -0.1) is 0 Å². The highest BCUT2D eigenvalue weighted by Gasteiger charge is 2.21. The van der Waals surface area contributed by atoms with E-state index in [1.54, 1.807) is 24.3 Å². The molecule has 0 aromatic heterocycles. The Morgan fingerprint density at radius 1 is 1.04 bits per heavy atom. The number of esters is 1. The van der Waals surface area contributed by atoms with E-state index in [0.29, 0.717) is 10.6 Å². The molecular formula is C22H22ClNO4. The van der Waals surface area contributed by atoms with Gasteiger partial charge in [0.1, 0.15) is 0 Å². The number of Topliss-reactive ketones (excluding diaryl/α,β-unsaturated/α-hetero) is 1. The van der Waals surface area contributed by atoms with Gasteiger partial charge in [-0.3, -0.25) is 14.4 Å². The lowest BCUT2D eigenvalue weighted by molar-refractivity contribution is -0.148. The van der Waals surface area contributed by atoms with Crippen molar-refractivity contribution < 1.29 is 19.1 Å². The SMILES string of the molecule is O=C(COC(=O)CCC(=O)c1ccc(Cl)cc1)N[C@@H]1CCCc2ccccc21. The molecule has 146 valence electrons. The minimum Gasteiger partial charge on any atom is -0.456 e. The van der Waals surface area contributed by atoms with Crippen molar-refractivity contribution in [3.63, 3.8) is 0 Å². The van der Waals surface area contributed by atoms with Crippen molar-refractivity contribution in [1.82, 2.24) is 5.32 Å². The number of ketones is 1. The van der Waals surface area contributed by atoms with E-state index >= 15 is 0 Å². The van der Waals surface area contributed by atoms with Gasteiger partial charge in [0.05, 0.1) is 12.5 Å². The van der Waals surface area contributed by atoms with Crippen molar-refractivity contribution in [2.75, 3.05) is 6.61 Å². The van der Waals surface area contributed by atoms with E-state index in [-0.39, 0.29) is 37.2 Å². The Hall–Kier alpha value is -2.66. The molecule has 0 heterocycles. The Kier molecular flexibility index (Phi) is 6.82. The van der Waals surface area contributed by atoms with Gasteiger partial charge >= 0.3 is 5.97 Å². The zero-order valence-electron chi connectivity index (χ0n) is 15.4. The largest absolute Gasteiger partial charge is 0.456 e. The fourth-order valence-corrected chi connectivity index (χ4v) is 3.48. The van der Waals surface area contributed by atoms with E-state index in [2.05, 4.69) is 11.4 Å². The molecule has 2 aromatic carbocycles. The fourth-order valence-electron chi connectivity index (χ4n) is 3.35. The summed E-state index contributed by atoms with van der Waals surface area (Å²) >= 11 is 5.79. The molecule has 1 aliphatic rings. The average molecular weight is 400 g/mol. The number of carbonyl (C=O) groups excluding carboxylic acids is 3. The first-order valence-corrected chi connectivity index (χ1v) is 9.72. The van der Waals surface area contributed by atoms with Gasteiger partial charge in [-0.25, -0.2) is 0 Å². The van der Waals surface area contributed by atoms with Crippen LogP contribution in [-0.2, 0) is 20.7 Å². The molecule has 0 aliphatic heterocycles. The average Bonchev–Trinajstić information content (AvgIpc) is 2.71. The Morgan fingerprint density at radius 2 is 1.79 bits per heavy atom. The van der Waals surface area contributed by atoms with E-state index in [1.807, 2.05) is 18.2 Å². The fraction of sp³-hybridized carbons (Fsp3) is 0.318. The first-order chi connectivity index (χ1) is 13.5. The molecule has 0 saturated carbocycles.